The van der Waals surface area contributed by atoms with Crippen molar-refractivity contribution in [2.75, 3.05) is 11.2 Å². The maximum Gasteiger partial charge on any atom is 0.281 e. The molecule has 0 aliphatic rings. The number of benzene rings is 2. The molecule has 1 amide bonds. The van der Waals surface area contributed by atoms with Crippen LogP contribution < -0.4 is 22.0 Å². The van der Waals surface area contributed by atoms with E-state index < -0.39 is 11.9 Å². The van der Waals surface area contributed by atoms with Crippen LogP contribution in [0.1, 0.15) is 40.3 Å². The summed E-state index contributed by atoms with van der Waals surface area (Å²) in [4.78, 5) is 40.6. The van der Waals surface area contributed by atoms with Crippen LogP contribution in [0.25, 0.3) is 16.6 Å². The number of carbonyl (C=O) groups excluding carboxylic acids is 1. The molecule has 2 aromatic carbocycles. The van der Waals surface area contributed by atoms with E-state index in [0.29, 0.717) is 27.8 Å². The van der Waals surface area contributed by atoms with Gasteiger partial charge < -0.3 is 11.1 Å². The van der Waals surface area contributed by atoms with Gasteiger partial charge in [0.25, 0.3) is 11.5 Å². The van der Waals surface area contributed by atoms with E-state index >= 15 is 0 Å². The Hall–Kier alpha value is -5.96. The van der Waals surface area contributed by atoms with E-state index in [1.165, 1.54) is 11.0 Å². The van der Waals surface area contributed by atoms with Gasteiger partial charge in [0.2, 0.25) is 0 Å². The number of imidazole rings is 1. The number of fused-ring (bicyclic) bond motifs is 2. The van der Waals surface area contributed by atoms with Crippen molar-refractivity contribution in [2.24, 2.45) is 7.05 Å². The number of hydrogen-bond acceptors (Lipinski definition) is 8. The van der Waals surface area contributed by atoms with Crippen molar-refractivity contribution in [3.63, 3.8) is 0 Å². The molecule has 12 nitrogen and oxygen atoms in total. The third kappa shape index (κ3) is 4.83. The Morgan fingerprint density at radius 2 is 1.90 bits per heavy atom. The van der Waals surface area contributed by atoms with Crippen molar-refractivity contribution in [3.8, 4) is 11.8 Å². The molecule has 12 heteroatoms. The van der Waals surface area contributed by atoms with Crippen LogP contribution in [0.3, 0.4) is 0 Å². The summed E-state index contributed by atoms with van der Waals surface area (Å²) in [6.07, 6.45) is 8.15. The number of para-hydroxylation sites is 1. The highest BCUT2D eigenvalue weighted by Crippen LogP contribution is 2.20. The second kappa shape index (κ2) is 10.3. The average Bonchev–Trinajstić information content (AvgIpc) is 3.62. The highest BCUT2D eigenvalue weighted by Gasteiger charge is 2.23. The molecular formula is C29H24N10O2. The van der Waals surface area contributed by atoms with Crippen molar-refractivity contribution >= 4 is 34.0 Å². The lowest BCUT2D eigenvalue weighted by Gasteiger charge is -2.21. The highest BCUT2D eigenvalue weighted by atomic mass is 16.2. The molecule has 0 unspecified atom stereocenters. The standard InChI is InChI=1S/C29H24N10O2/c1-18(34-28(40)24-25(30)32-17-38-14-13-31-27(24)38)26-35-22-10-6-7-20(12-11-19-15-33-37(2)16-19)23(22)29(41)39(26)36-21-8-4-3-5-9-21/h3-10,13-18,36H,30H2,1-2H3,(H,34,40)/t18-/m0/s1. The number of carbonyl (C=O) groups is 1. The van der Waals surface area contributed by atoms with Crippen LogP contribution in [0, 0.1) is 11.8 Å². The molecule has 0 saturated heterocycles. The Labute approximate surface area is 233 Å². The van der Waals surface area contributed by atoms with Crippen molar-refractivity contribution in [3.05, 3.63) is 113 Å². The fourth-order valence-corrected chi connectivity index (χ4v) is 4.47. The average molecular weight is 545 g/mol. The fourth-order valence-electron chi connectivity index (χ4n) is 4.47. The summed E-state index contributed by atoms with van der Waals surface area (Å²) in [5, 5.41) is 7.38. The number of amides is 1. The van der Waals surface area contributed by atoms with Gasteiger partial charge in [-0.25, -0.2) is 19.6 Å². The number of anilines is 2. The van der Waals surface area contributed by atoms with Crippen LogP contribution in [-0.2, 0) is 7.05 Å². The first-order valence-corrected chi connectivity index (χ1v) is 12.7. The van der Waals surface area contributed by atoms with E-state index in [9.17, 15) is 9.59 Å². The van der Waals surface area contributed by atoms with Gasteiger partial charge in [-0.05, 0) is 31.2 Å². The Morgan fingerprint density at radius 3 is 2.68 bits per heavy atom. The molecule has 4 heterocycles. The molecule has 0 saturated carbocycles. The summed E-state index contributed by atoms with van der Waals surface area (Å²) < 4.78 is 4.59. The van der Waals surface area contributed by atoms with Gasteiger partial charge in [0, 0.05) is 31.2 Å². The maximum absolute atomic E-state index is 14.1. The van der Waals surface area contributed by atoms with Crippen LogP contribution >= 0.6 is 0 Å². The summed E-state index contributed by atoms with van der Waals surface area (Å²) in [6, 6.07) is 13.8. The van der Waals surface area contributed by atoms with Crippen LogP contribution in [0.2, 0.25) is 0 Å². The quantitative estimate of drug-likeness (QED) is 0.280. The summed E-state index contributed by atoms with van der Waals surface area (Å²) >= 11 is 0. The minimum absolute atomic E-state index is 0.0384. The Morgan fingerprint density at radius 1 is 1.07 bits per heavy atom. The molecule has 0 bridgehead atoms. The summed E-state index contributed by atoms with van der Waals surface area (Å²) in [5.74, 6) is 5.96. The summed E-state index contributed by atoms with van der Waals surface area (Å²) in [6.45, 7) is 1.73. The lowest BCUT2D eigenvalue weighted by molar-refractivity contribution is 0.0939. The van der Waals surface area contributed by atoms with Gasteiger partial charge in [-0.2, -0.15) is 5.10 Å². The Kier molecular flexibility index (Phi) is 6.37. The molecule has 0 aliphatic carbocycles. The zero-order valence-electron chi connectivity index (χ0n) is 22.1. The number of nitrogens with one attached hydrogen (secondary N) is 2. The topological polar surface area (TPSA) is 150 Å². The normalized spacial score (nSPS) is 11.7. The summed E-state index contributed by atoms with van der Waals surface area (Å²) in [7, 11) is 1.81. The number of hydrogen-bond donors (Lipinski definition) is 3. The third-order valence-electron chi connectivity index (χ3n) is 6.42. The van der Waals surface area contributed by atoms with Crippen molar-refractivity contribution in [1.82, 2.24) is 39.1 Å². The minimum atomic E-state index is -0.726. The molecule has 0 aliphatic heterocycles. The van der Waals surface area contributed by atoms with Gasteiger partial charge in [0.15, 0.2) is 11.5 Å². The third-order valence-corrected chi connectivity index (χ3v) is 6.42. The predicted octanol–water partition coefficient (Wildman–Crippen LogP) is 2.52. The summed E-state index contributed by atoms with van der Waals surface area (Å²) in [5.41, 5.74) is 11.6. The van der Waals surface area contributed by atoms with Gasteiger partial charge >= 0.3 is 0 Å². The molecule has 0 spiro atoms. The molecule has 41 heavy (non-hydrogen) atoms. The van der Waals surface area contributed by atoms with Gasteiger partial charge in [-0.15, -0.1) is 0 Å². The van der Waals surface area contributed by atoms with E-state index in [1.54, 1.807) is 59.0 Å². The van der Waals surface area contributed by atoms with E-state index in [1.807, 2.05) is 37.4 Å². The molecule has 202 valence electrons. The SMILES string of the molecule is C[C@H](NC(=O)c1c(N)ncn2ccnc12)c1nc2cccc(C#Cc3cnn(C)c3)c2c(=O)n1Nc1ccccc1. The van der Waals surface area contributed by atoms with Gasteiger partial charge in [0.05, 0.1) is 34.4 Å². The molecule has 6 rings (SSSR count). The number of nitrogens with two attached hydrogens (primary N) is 1. The monoisotopic (exact) mass is 544 g/mol. The number of nitrogens with zero attached hydrogens (tertiary/aromatic N) is 7. The lowest BCUT2D eigenvalue weighted by Crippen LogP contribution is -2.37. The van der Waals surface area contributed by atoms with Crippen LogP contribution in [0.4, 0.5) is 11.5 Å². The number of aromatic nitrogens is 7. The van der Waals surface area contributed by atoms with Gasteiger partial charge in [-0.3, -0.25) is 24.1 Å². The zero-order valence-corrected chi connectivity index (χ0v) is 22.1. The minimum Gasteiger partial charge on any atom is -0.383 e. The molecule has 4 aromatic heterocycles. The number of nitrogen functional groups attached to an aromatic ring is 1. The second-order valence-electron chi connectivity index (χ2n) is 9.30. The lowest BCUT2D eigenvalue weighted by atomic mass is 10.1. The fraction of sp³-hybridized carbons (Fsp3) is 0.103. The Balaban J connectivity index is 1.45. The van der Waals surface area contributed by atoms with Crippen molar-refractivity contribution in [1.29, 1.82) is 0 Å². The molecule has 0 radical (unpaired) electrons. The van der Waals surface area contributed by atoms with E-state index in [2.05, 4.69) is 37.7 Å². The number of aryl methyl sites for hydroxylation is 1. The van der Waals surface area contributed by atoms with Crippen molar-refractivity contribution < 1.29 is 4.79 Å². The number of rotatable bonds is 5. The first-order chi connectivity index (χ1) is 19.9. The predicted molar refractivity (Wildman–Crippen MR) is 154 cm³/mol. The molecular weight excluding hydrogens is 520 g/mol. The van der Waals surface area contributed by atoms with Crippen LogP contribution in [0.5, 0.6) is 0 Å². The Bertz CT molecular complexity index is 2050. The van der Waals surface area contributed by atoms with E-state index in [0.717, 1.165) is 5.56 Å². The van der Waals surface area contributed by atoms with E-state index in [-0.39, 0.29) is 22.8 Å². The molecule has 4 N–H and O–H groups in total. The van der Waals surface area contributed by atoms with Gasteiger partial charge in [-0.1, -0.05) is 36.1 Å². The smallest absolute Gasteiger partial charge is 0.281 e. The zero-order chi connectivity index (χ0) is 28.5. The molecule has 6 aromatic rings. The van der Waals surface area contributed by atoms with Crippen LogP contribution in [-0.4, -0.2) is 39.7 Å². The second-order valence-corrected chi connectivity index (χ2v) is 9.30. The van der Waals surface area contributed by atoms with Gasteiger partial charge in [0.1, 0.15) is 17.7 Å². The first-order valence-electron chi connectivity index (χ1n) is 12.7. The van der Waals surface area contributed by atoms with Crippen LogP contribution in [0.15, 0.2) is 84.4 Å². The highest BCUT2D eigenvalue weighted by molar-refractivity contribution is 6.04. The first kappa shape index (κ1) is 25.3. The molecule has 0 fully saturated rings. The maximum atomic E-state index is 14.1. The largest absolute Gasteiger partial charge is 0.383 e. The molecule has 1 atom stereocenters. The van der Waals surface area contributed by atoms with E-state index in [4.69, 9.17) is 10.7 Å². The van der Waals surface area contributed by atoms with Crippen molar-refractivity contribution in [2.45, 2.75) is 13.0 Å².